The number of aromatic nitrogens is 2. The van der Waals surface area contributed by atoms with Gasteiger partial charge in [-0.25, -0.2) is 4.98 Å². The van der Waals surface area contributed by atoms with E-state index in [0.29, 0.717) is 12.4 Å². The second-order valence-corrected chi connectivity index (χ2v) is 2.29. The number of ether oxygens (including phenoxy) is 1. The molecule has 1 heterocycles. The van der Waals surface area contributed by atoms with Crippen LogP contribution in [0, 0.1) is 0 Å². The molecule has 0 radical (unpaired) electrons. The SMILES string of the molecule is CCNCc1nccnc1OC. The van der Waals surface area contributed by atoms with E-state index in [-0.39, 0.29) is 0 Å². The first-order chi connectivity index (χ1) is 5.88. The summed E-state index contributed by atoms with van der Waals surface area (Å²) in [5.41, 5.74) is 0.849. The van der Waals surface area contributed by atoms with Crippen LogP contribution in [0.25, 0.3) is 0 Å². The first-order valence-corrected chi connectivity index (χ1v) is 3.93. The molecule has 0 atom stereocenters. The molecule has 0 aliphatic heterocycles. The summed E-state index contributed by atoms with van der Waals surface area (Å²) in [7, 11) is 1.60. The predicted octanol–water partition coefficient (Wildman–Crippen LogP) is 0.595. The molecule has 66 valence electrons. The molecule has 12 heavy (non-hydrogen) atoms. The Morgan fingerprint density at radius 1 is 1.42 bits per heavy atom. The minimum absolute atomic E-state index is 0.596. The summed E-state index contributed by atoms with van der Waals surface area (Å²) >= 11 is 0. The first kappa shape index (κ1) is 8.93. The normalized spacial score (nSPS) is 9.83. The summed E-state index contributed by atoms with van der Waals surface area (Å²) in [5.74, 6) is 0.596. The van der Waals surface area contributed by atoms with Crippen molar-refractivity contribution in [1.29, 1.82) is 0 Å². The van der Waals surface area contributed by atoms with Gasteiger partial charge < -0.3 is 10.1 Å². The zero-order valence-electron chi connectivity index (χ0n) is 7.37. The Morgan fingerprint density at radius 3 is 2.83 bits per heavy atom. The molecule has 0 spiro atoms. The van der Waals surface area contributed by atoms with Gasteiger partial charge >= 0.3 is 0 Å². The lowest BCUT2D eigenvalue weighted by atomic mass is 10.4. The molecule has 0 aliphatic rings. The van der Waals surface area contributed by atoms with Crippen LogP contribution < -0.4 is 10.1 Å². The van der Waals surface area contributed by atoms with Crippen LogP contribution in [-0.2, 0) is 6.54 Å². The van der Waals surface area contributed by atoms with E-state index in [2.05, 4.69) is 15.3 Å². The average molecular weight is 167 g/mol. The van der Waals surface area contributed by atoms with Crippen molar-refractivity contribution in [3.8, 4) is 5.88 Å². The van der Waals surface area contributed by atoms with Gasteiger partial charge in [-0.3, -0.25) is 4.98 Å². The molecule has 0 aromatic carbocycles. The molecular weight excluding hydrogens is 154 g/mol. The summed E-state index contributed by atoms with van der Waals surface area (Å²) in [5, 5.41) is 3.16. The van der Waals surface area contributed by atoms with Gasteiger partial charge in [0, 0.05) is 18.9 Å². The monoisotopic (exact) mass is 167 g/mol. The van der Waals surface area contributed by atoms with Crippen LogP contribution in [0.5, 0.6) is 5.88 Å². The van der Waals surface area contributed by atoms with Gasteiger partial charge in [0.1, 0.15) is 5.69 Å². The molecule has 4 nitrogen and oxygen atoms in total. The highest BCUT2D eigenvalue weighted by molar-refractivity contribution is 5.16. The van der Waals surface area contributed by atoms with Crippen molar-refractivity contribution in [3.05, 3.63) is 18.1 Å². The Kier molecular flexibility index (Phi) is 3.47. The minimum atomic E-state index is 0.596. The average Bonchev–Trinajstić information content (AvgIpc) is 2.15. The summed E-state index contributed by atoms with van der Waals surface area (Å²) in [6, 6.07) is 0. The van der Waals surface area contributed by atoms with Crippen molar-refractivity contribution in [2.24, 2.45) is 0 Å². The molecule has 0 saturated heterocycles. The number of nitrogens with zero attached hydrogens (tertiary/aromatic N) is 2. The summed E-state index contributed by atoms with van der Waals surface area (Å²) in [4.78, 5) is 8.16. The molecule has 4 heteroatoms. The van der Waals surface area contributed by atoms with Crippen molar-refractivity contribution in [3.63, 3.8) is 0 Å². The predicted molar refractivity (Wildman–Crippen MR) is 46.0 cm³/mol. The lowest BCUT2D eigenvalue weighted by Crippen LogP contribution is -2.14. The largest absolute Gasteiger partial charge is 0.480 e. The minimum Gasteiger partial charge on any atom is -0.480 e. The lowest BCUT2D eigenvalue weighted by molar-refractivity contribution is 0.387. The molecule has 0 aliphatic carbocycles. The van der Waals surface area contributed by atoms with E-state index in [1.54, 1.807) is 19.5 Å². The molecule has 1 aromatic heterocycles. The molecule has 0 bridgehead atoms. The molecule has 1 rings (SSSR count). The third-order valence-corrected chi connectivity index (χ3v) is 1.47. The van der Waals surface area contributed by atoms with E-state index in [0.717, 1.165) is 12.2 Å². The van der Waals surface area contributed by atoms with E-state index in [1.165, 1.54) is 0 Å². The third-order valence-electron chi connectivity index (χ3n) is 1.47. The number of hydrogen-bond acceptors (Lipinski definition) is 4. The summed E-state index contributed by atoms with van der Waals surface area (Å²) in [6.07, 6.45) is 3.28. The van der Waals surface area contributed by atoms with Crippen molar-refractivity contribution >= 4 is 0 Å². The summed E-state index contributed by atoms with van der Waals surface area (Å²) < 4.78 is 5.03. The van der Waals surface area contributed by atoms with Crippen LogP contribution in [0.2, 0.25) is 0 Å². The molecule has 0 amide bonds. The van der Waals surface area contributed by atoms with E-state index in [4.69, 9.17) is 4.74 Å². The van der Waals surface area contributed by atoms with Crippen LogP contribution in [0.4, 0.5) is 0 Å². The Labute approximate surface area is 72.0 Å². The second-order valence-electron chi connectivity index (χ2n) is 2.29. The van der Waals surface area contributed by atoms with E-state index < -0.39 is 0 Å². The number of methoxy groups -OCH3 is 1. The Balaban J connectivity index is 2.68. The topological polar surface area (TPSA) is 47.0 Å². The lowest BCUT2D eigenvalue weighted by Gasteiger charge is -2.04. The quantitative estimate of drug-likeness (QED) is 0.713. The van der Waals surface area contributed by atoms with E-state index >= 15 is 0 Å². The van der Waals surface area contributed by atoms with Gasteiger partial charge in [0.2, 0.25) is 5.88 Å². The van der Waals surface area contributed by atoms with Gasteiger partial charge in [0.25, 0.3) is 0 Å². The fourth-order valence-electron chi connectivity index (χ4n) is 0.889. The second kappa shape index (κ2) is 4.66. The maximum atomic E-state index is 5.03. The Hall–Kier alpha value is -1.16. The van der Waals surface area contributed by atoms with Crippen molar-refractivity contribution in [2.75, 3.05) is 13.7 Å². The highest BCUT2D eigenvalue weighted by Gasteiger charge is 2.02. The zero-order chi connectivity index (χ0) is 8.81. The van der Waals surface area contributed by atoms with Crippen molar-refractivity contribution in [2.45, 2.75) is 13.5 Å². The zero-order valence-corrected chi connectivity index (χ0v) is 7.37. The number of nitrogens with one attached hydrogen (secondary N) is 1. The summed E-state index contributed by atoms with van der Waals surface area (Å²) in [6.45, 7) is 3.66. The van der Waals surface area contributed by atoms with Gasteiger partial charge in [0.05, 0.1) is 7.11 Å². The molecular formula is C8H13N3O. The van der Waals surface area contributed by atoms with Crippen LogP contribution >= 0.6 is 0 Å². The van der Waals surface area contributed by atoms with Gasteiger partial charge in [-0.05, 0) is 6.54 Å². The van der Waals surface area contributed by atoms with Gasteiger partial charge in [-0.1, -0.05) is 6.92 Å². The highest BCUT2D eigenvalue weighted by atomic mass is 16.5. The van der Waals surface area contributed by atoms with Gasteiger partial charge in [0.15, 0.2) is 0 Å². The molecule has 0 fully saturated rings. The third kappa shape index (κ3) is 2.17. The van der Waals surface area contributed by atoms with Crippen LogP contribution in [0.1, 0.15) is 12.6 Å². The molecule has 0 saturated carbocycles. The fraction of sp³-hybridized carbons (Fsp3) is 0.500. The van der Waals surface area contributed by atoms with Crippen LogP contribution in [0.15, 0.2) is 12.4 Å². The van der Waals surface area contributed by atoms with E-state index in [9.17, 15) is 0 Å². The van der Waals surface area contributed by atoms with E-state index in [1.807, 2.05) is 6.92 Å². The number of rotatable bonds is 4. The van der Waals surface area contributed by atoms with Gasteiger partial charge in [-0.2, -0.15) is 0 Å². The highest BCUT2D eigenvalue weighted by Crippen LogP contribution is 2.08. The standard InChI is InChI=1S/C8H13N3O/c1-3-9-6-7-8(12-2)11-5-4-10-7/h4-5,9H,3,6H2,1-2H3. The maximum Gasteiger partial charge on any atom is 0.236 e. The smallest absolute Gasteiger partial charge is 0.236 e. The van der Waals surface area contributed by atoms with Gasteiger partial charge in [-0.15, -0.1) is 0 Å². The number of hydrogen-bond donors (Lipinski definition) is 1. The first-order valence-electron chi connectivity index (χ1n) is 3.93. The van der Waals surface area contributed by atoms with Crippen molar-refractivity contribution < 1.29 is 4.74 Å². The molecule has 1 N–H and O–H groups in total. The Bertz CT molecular complexity index is 239. The van der Waals surface area contributed by atoms with Crippen LogP contribution in [0.3, 0.4) is 0 Å². The molecule has 0 unspecified atom stereocenters. The Morgan fingerprint density at radius 2 is 2.17 bits per heavy atom. The van der Waals surface area contributed by atoms with Crippen LogP contribution in [-0.4, -0.2) is 23.6 Å². The molecule has 1 aromatic rings. The van der Waals surface area contributed by atoms with Crippen molar-refractivity contribution in [1.82, 2.24) is 15.3 Å². The maximum absolute atomic E-state index is 5.03. The fourth-order valence-corrected chi connectivity index (χ4v) is 0.889.